The van der Waals surface area contributed by atoms with Crippen LogP contribution in [0.15, 0.2) is 144 Å². The van der Waals surface area contributed by atoms with E-state index in [0.717, 1.165) is 33.0 Å². The molecule has 2 aromatic heterocycles. The summed E-state index contributed by atoms with van der Waals surface area (Å²) in [5, 5.41) is 4.23. The minimum absolute atomic E-state index is 0.0527. The predicted molar refractivity (Wildman–Crippen MR) is 242 cm³/mol. The summed E-state index contributed by atoms with van der Waals surface area (Å²) in [5.41, 5.74) is 7.68. The van der Waals surface area contributed by atoms with E-state index in [1.807, 2.05) is 65.9 Å². The molecule has 3 heteroatoms. The van der Waals surface area contributed by atoms with E-state index >= 15 is 0 Å². The standard InChI is InChI=1S/C53H47NOS/c1-51(2,3)34-27-42-41-30-40-39-18-14-19-45(49(39)53(7,8)43(40)31-48(41)56-50(42)44(28-34)52(4,5)6)54(35-23-21-33(22-24-35)32-15-10-9-11-16-32)36-25-26-38-37-17-12-13-20-46(37)55-47(38)29-36/h9-31H,1-8H3/i9D,10D,11D,15D,16D,21D,22D,23D,24D. The van der Waals surface area contributed by atoms with Gasteiger partial charge in [0, 0.05) is 53.8 Å². The van der Waals surface area contributed by atoms with Gasteiger partial charge in [0.2, 0.25) is 0 Å². The average molecular weight is 755 g/mol. The third kappa shape index (κ3) is 5.35. The van der Waals surface area contributed by atoms with Gasteiger partial charge in [-0.25, -0.2) is 0 Å². The minimum Gasteiger partial charge on any atom is -0.456 e. The summed E-state index contributed by atoms with van der Waals surface area (Å²) in [6.07, 6.45) is 0. The van der Waals surface area contributed by atoms with Crippen molar-refractivity contribution in [3.63, 3.8) is 0 Å². The average Bonchev–Trinajstić information content (AvgIpc) is 3.89. The highest BCUT2D eigenvalue weighted by atomic mass is 32.1. The fourth-order valence-electron chi connectivity index (χ4n) is 8.56. The molecule has 0 aliphatic heterocycles. The first-order valence-electron chi connectivity index (χ1n) is 23.6. The van der Waals surface area contributed by atoms with E-state index in [1.165, 1.54) is 31.3 Å². The maximum atomic E-state index is 9.69. The summed E-state index contributed by atoms with van der Waals surface area (Å²) >= 11 is 1.83. The van der Waals surface area contributed by atoms with E-state index in [9.17, 15) is 5.48 Å². The van der Waals surface area contributed by atoms with Crippen molar-refractivity contribution in [2.45, 2.75) is 71.6 Å². The van der Waals surface area contributed by atoms with Crippen LogP contribution < -0.4 is 4.90 Å². The molecular weight excluding hydrogens is 699 g/mol. The third-order valence-electron chi connectivity index (χ3n) is 11.5. The molecule has 1 aliphatic rings. The van der Waals surface area contributed by atoms with Gasteiger partial charge in [0.15, 0.2) is 0 Å². The van der Waals surface area contributed by atoms with Crippen LogP contribution in [0.1, 0.15) is 90.0 Å². The van der Waals surface area contributed by atoms with E-state index < -0.39 is 59.8 Å². The van der Waals surface area contributed by atoms with Crippen LogP contribution in [0.2, 0.25) is 0 Å². The number of furan rings is 1. The Kier molecular flexibility index (Phi) is 5.71. The van der Waals surface area contributed by atoms with Crippen LogP contribution in [0.3, 0.4) is 0 Å². The molecule has 0 fully saturated rings. The van der Waals surface area contributed by atoms with Gasteiger partial charge in [-0.1, -0.05) is 134 Å². The quantitative estimate of drug-likeness (QED) is 0.178. The summed E-state index contributed by atoms with van der Waals surface area (Å²) in [5.74, 6) is 0. The zero-order chi connectivity index (χ0) is 46.6. The van der Waals surface area contributed by atoms with Crippen LogP contribution in [-0.2, 0) is 16.2 Å². The van der Waals surface area contributed by atoms with Gasteiger partial charge >= 0.3 is 0 Å². The lowest BCUT2D eigenvalue weighted by Gasteiger charge is -2.32. The Hall–Kier alpha value is -5.64. The first-order valence-corrected chi connectivity index (χ1v) is 19.9. The lowest BCUT2D eigenvalue weighted by Crippen LogP contribution is -2.20. The van der Waals surface area contributed by atoms with Crippen LogP contribution in [0, 0.1) is 0 Å². The number of benzene rings is 7. The van der Waals surface area contributed by atoms with Gasteiger partial charge < -0.3 is 9.32 Å². The lowest BCUT2D eigenvalue weighted by molar-refractivity contribution is 0.573. The van der Waals surface area contributed by atoms with Crippen LogP contribution >= 0.6 is 11.3 Å². The molecule has 2 nitrogen and oxygen atoms in total. The van der Waals surface area contributed by atoms with Crippen molar-refractivity contribution in [2.75, 3.05) is 4.90 Å². The lowest BCUT2D eigenvalue weighted by atomic mass is 9.79. The maximum Gasteiger partial charge on any atom is 0.137 e. The molecule has 0 atom stereocenters. The maximum absolute atomic E-state index is 9.69. The fraction of sp³-hybridized carbons (Fsp3) is 0.208. The highest BCUT2D eigenvalue weighted by molar-refractivity contribution is 7.26. The van der Waals surface area contributed by atoms with Gasteiger partial charge in [0.05, 0.1) is 18.0 Å². The molecule has 0 N–H and O–H groups in total. The fourth-order valence-corrected chi connectivity index (χ4v) is 9.99. The van der Waals surface area contributed by atoms with Gasteiger partial charge in [0.25, 0.3) is 0 Å². The molecule has 0 bridgehead atoms. The van der Waals surface area contributed by atoms with E-state index in [2.05, 4.69) is 85.7 Å². The molecule has 0 amide bonds. The minimum atomic E-state index is -0.624. The molecule has 0 spiro atoms. The monoisotopic (exact) mass is 754 g/mol. The molecule has 9 aromatic rings. The molecule has 10 rings (SSSR count). The normalized spacial score (nSPS) is 16.1. The number of thiophene rings is 1. The topological polar surface area (TPSA) is 16.4 Å². The number of para-hydroxylation sites is 1. The Morgan fingerprint density at radius 1 is 0.607 bits per heavy atom. The summed E-state index contributed by atoms with van der Waals surface area (Å²) in [6.45, 7) is 18.0. The van der Waals surface area contributed by atoms with E-state index in [4.69, 9.17) is 11.3 Å². The first-order chi connectivity index (χ1) is 30.5. The second-order valence-electron chi connectivity index (χ2n) is 17.6. The van der Waals surface area contributed by atoms with Crippen LogP contribution in [0.25, 0.3) is 64.4 Å². The summed E-state index contributed by atoms with van der Waals surface area (Å²) < 4.78 is 89.3. The van der Waals surface area contributed by atoms with Gasteiger partial charge in [-0.05, 0) is 110 Å². The smallest absolute Gasteiger partial charge is 0.137 e. The predicted octanol–water partition coefficient (Wildman–Crippen LogP) is 16.0. The van der Waals surface area contributed by atoms with E-state index in [1.54, 1.807) is 4.90 Å². The van der Waals surface area contributed by atoms with Crippen molar-refractivity contribution < 1.29 is 16.8 Å². The Bertz CT molecular complexity index is 3490. The van der Waals surface area contributed by atoms with Crippen molar-refractivity contribution in [3.8, 4) is 22.3 Å². The first kappa shape index (κ1) is 26.3. The molecule has 1 aliphatic carbocycles. The van der Waals surface area contributed by atoms with E-state index in [-0.39, 0.29) is 27.6 Å². The second-order valence-corrected chi connectivity index (χ2v) is 18.6. The van der Waals surface area contributed by atoms with Crippen molar-refractivity contribution in [2.24, 2.45) is 0 Å². The van der Waals surface area contributed by atoms with Gasteiger partial charge in [-0.3, -0.25) is 0 Å². The Labute approximate surface area is 346 Å². The van der Waals surface area contributed by atoms with Crippen LogP contribution in [-0.4, -0.2) is 0 Å². The highest BCUT2D eigenvalue weighted by Crippen LogP contribution is 2.56. The van der Waals surface area contributed by atoms with Crippen molar-refractivity contribution >= 4 is 70.5 Å². The molecule has 0 saturated carbocycles. The molecule has 276 valence electrons. The Morgan fingerprint density at radius 3 is 2.09 bits per heavy atom. The van der Waals surface area contributed by atoms with Crippen LogP contribution in [0.4, 0.5) is 17.1 Å². The number of hydrogen-bond acceptors (Lipinski definition) is 3. The van der Waals surface area contributed by atoms with Crippen LogP contribution in [0.5, 0.6) is 0 Å². The third-order valence-corrected chi connectivity index (χ3v) is 12.7. The molecule has 0 unspecified atom stereocenters. The molecule has 0 radical (unpaired) electrons. The SMILES string of the molecule is [2H]c1c([2H])c([2H])c(-c2c([2H])c([2H])c(N(c3ccc4c(c3)oc3ccccc34)c3cccc4c3C(C)(C)c3cc5sc6c(C(C)(C)C)cc(C(C)(C)C)cc6c5cc3-4)c([2H])c2[2H])c([2H])c1[2H]. The molecule has 0 saturated heterocycles. The number of nitrogens with zero attached hydrogens (tertiary/aromatic N) is 1. The van der Waals surface area contributed by atoms with Crippen molar-refractivity contribution in [1.82, 2.24) is 0 Å². The van der Waals surface area contributed by atoms with Crippen molar-refractivity contribution in [3.05, 3.63) is 162 Å². The molecular formula is C53H47NOS. The summed E-state index contributed by atoms with van der Waals surface area (Å²) in [4.78, 5) is 1.77. The summed E-state index contributed by atoms with van der Waals surface area (Å²) in [6, 6.07) is 23.9. The van der Waals surface area contributed by atoms with E-state index in [0.29, 0.717) is 22.5 Å². The molecule has 7 aromatic carbocycles. The zero-order valence-corrected chi connectivity index (χ0v) is 33.7. The largest absolute Gasteiger partial charge is 0.456 e. The molecule has 2 heterocycles. The van der Waals surface area contributed by atoms with Crippen molar-refractivity contribution in [1.29, 1.82) is 0 Å². The Balaban J connectivity index is 1.26. The van der Waals surface area contributed by atoms with Gasteiger partial charge in [0.1, 0.15) is 11.2 Å². The number of rotatable bonds is 4. The number of fused-ring (bicyclic) bond motifs is 9. The highest BCUT2D eigenvalue weighted by Gasteiger charge is 2.40. The van der Waals surface area contributed by atoms with Gasteiger partial charge in [-0.15, -0.1) is 11.3 Å². The zero-order valence-electron chi connectivity index (χ0n) is 41.8. The second kappa shape index (κ2) is 12.2. The number of anilines is 3. The van der Waals surface area contributed by atoms with Gasteiger partial charge in [-0.2, -0.15) is 0 Å². The number of hydrogen-bond donors (Lipinski definition) is 0. The Morgan fingerprint density at radius 2 is 1.34 bits per heavy atom. The molecule has 56 heavy (non-hydrogen) atoms. The summed E-state index contributed by atoms with van der Waals surface area (Å²) in [7, 11) is 0.